The molecular weight excluding hydrogens is 298 g/mol. The first kappa shape index (κ1) is 14.5. The highest BCUT2D eigenvalue weighted by atomic mass is 16.3. The van der Waals surface area contributed by atoms with Gasteiger partial charge in [-0.05, 0) is 12.1 Å². The molecule has 3 N–H and O–H groups in total. The van der Waals surface area contributed by atoms with Gasteiger partial charge in [-0.25, -0.2) is 10.2 Å². The van der Waals surface area contributed by atoms with Crippen LogP contribution < -0.4 is 27.0 Å². The number of aromatic hydroxyl groups is 1. The summed E-state index contributed by atoms with van der Waals surface area (Å²) in [4.78, 5) is 35.9. The maximum atomic E-state index is 12.1. The van der Waals surface area contributed by atoms with Crippen LogP contribution in [-0.4, -0.2) is 11.1 Å². The van der Waals surface area contributed by atoms with E-state index in [1.807, 2.05) is 0 Å². The summed E-state index contributed by atoms with van der Waals surface area (Å²) in [5.41, 5.74) is 1.19. The van der Waals surface area contributed by atoms with E-state index in [9.17, 15) is 19.5 Å². The molecule has 0 fully saturated rings. The van der Waals surface area contributed by atoms with Gasteiger partial charge in [-0.2, -0.15) is 5.10 Å². The van der Waals surface area contributed by atoms with Gasteiger partial charge in [-0.1, -0.05) is 36.4 Å². The smallest absolute Gasteiger partial charge is 0.339 e. The molecule has 0 radical (unpaired) electrons. The first-order valence-corrected chi connectivity index (χ1v) is 6.69. The lowest BCUT2D eigenvalue weighted by atomic mass is 10.2. The number of urea groups is 1. The monoisotopic (exact) mass is 309 g/mol. The van der Waals surface area contributed by atoms with Crippen molar-refractivity contribution >= 4 is 22.5 Å². The molecule has 2 amide bonds. The topological polar surface area (TPSA) is 108 Å². The molecule has 0 aliphatic rings. The second-order valence-electron chi connectivity index (χ2n) is 4.75. The van der Waals surface area contributed by atoms with Crippen molar-refractivity contribution in [2.45, 2.75) is 0 Å². The lowest BCUT2D eigenvalue weighted by Gasteiger charge is -2.05. The van der Waals surface area contributed by atoms with E-state index in [0.717, 1.165) is 0 Å². The fourth-order valence-corrected chi connectivity index (χ4v) is 2.18. The molecule has 0 saturated carbocycles. The summed E-state index contributed by atoms with van der Waals surface area (Å²) in [6.07, 6.45) is 0. The molecule has 0 aromatic heterocycles. The largest absolute Gasteiger partial charge is 0.506 e. The number of para-hydroxylation sites is 2. The van der Waals surface area contributed by atoms with Gasteiger partial charge in [0.05, 0.1) is 5.69 Å². The van der Waals surface area contributed by atoms with Crippen LogP contribution in [0.25, 0.3) is 10.8 Å². The molecule has 3 aromatic rings. The number of amides is 2. The van der Waals surface area contributed by atoms with Crippen LogP contribution in [0.1, 0.15) is 0 Å². The average Bonchev–Trinajstić information content (AvgIpc) is 2.80. The van der Waals surface area contributed by atoms with Crippen LogP contribution in [0.4, 0.5) is 10.5 Å². The molecule has 0 heterocycles. The molecular formula is C16H11N3O4. The number of carbonyl (C=O) groups is 1. The van der Waals surface area contributed by atoms with Crippen LogP contribution in [-0.2, 0) is 0 Å². The molecule has 23 heavy (non-hydrogen) atoms. The lowest BCUT2D eigenvalue weighted by Crippen LogP contribution is -2.36. The van der Waals surface area contributed by atoms with Crippen molar-refractivity contribution in [3.05, 3.63) is 74.3 Å². The number of fused-ring (bicyclic) bond motifs is 1. The van der Waals surface area contributed by atoms with Crippen molar-refractivity contribution < 1.29 is 9.90 Å². The Bertz CT molecular complexity index is 999. The summed E-state index contributed by atoms with van der Waals surface area (Å²) in [5.74, 6) is -0.115. The first-order chi connectivity index (χ1) is 11.1. The molecule has 0 aliphatic carbocycles. The van der Waals surface area contributed by atoms with Crippen molar-refractivity contribution in [1.82, 2.24) is 5.43 Å². The molecule has 3 rings (SSSR count). The fourth-order valence-electron chi connectivity index (χ4n) is 2.18. The zero-order chi connectivity index (χ0) is 16.4. The zero-order valence-corrected chi connectivity index (χ0v) is 11.7. The van der Waals surface area contributed by atoms with Crippen molar-refractivity contribution in [1.29, 1.82) is 0 Å². The highest BCUT2D eigenvalue weighted by Crippen LogP contribution is 2.20. The van der Waals surface area contributed by atoms with E-state index in [1.165, 1.54) is 24.3 Å². The first-order valence-electron chi connectivity index (χ1n) is 6.69. The molecule has 0 atom stereocenters. The van der Waals surface area contributed by atoms with Gasteiger partial charge in [0.25, 0.3) is 0 Å². The number of carbonyl (C=O) groups excluding carboxylic acids is 1. The number of phenols is 1. The Kier molecular flexibility index (Phi) is 3.60. The SMILES string of the molecule is O=C(NN=c1c(=O)c2ccccc2c1=O)Nc1ccccc1O. The van der Waals surface area contributed by atoms with Gasteiger partial charge < -0.3 is 10.4 Å². The Hall–Kier alpha value is -3.48. The Labute approximate surface area is 129 Å². The van der Waals surface area contributed by atoms with Crippen LogP contribution in [0.5, 0.6) is 5.75 Å². The van der Waals surface area contributed by atoms with E-state index in [1.54, 1.807) is 24.3 Å². The molecule has 7 nitrogen and oxygen atoms in total. The second kappa shape index (κ2) is 5.72. The van der Waals surface area contributed by atoms with Gasteiger partial charge in [0.1, 0.15) is 5.75 Å². The van der Waals surface area contributed by atoms with Gasteiger partial charge in [0, 0.05) is 10.8 Å². The molecule has 0 bridgehead atoms. The van der Waals surface area contributed by atoms with Crippen molar-refractivity contribution in [2.75, 3.05) is 5.32 Å². The highest BCUT2D eigenvalue weighted by molar-refractivity contribution is 5.90. The summed E-state index contributed by atoms with van der Waals surface area (Å²) in [7, 11) is 0. The third-order valence-corrected chi connectivity index (χ3v) is 3.27. The minimum absolute atomic E-state index is 0.115. The Balaban J connectivity index is 1.89. The van der Waals surface area contributed by atoms with Crippen molar-refractivity contribution in [3.63, 3.8) is 0 Å². The molecule has 7 heteroatoms. The fraction of sp³-hybridized carbons (Fsp3) is 0. The molecule has 0 saturated heterocycles. The molecule has 0 spiro atoms. The van der Waals surface area contributed by atoms with Crippen molar-refractivity contribution in [3.8, 4) is 5.75 Å². The molecule has 0 aliphatic heterocycles. The maximum absolute atomic E-state index is 12.1. The predicted octanol–water partition coefficient (Wildman–Crippen LogP) is 0.779. The number of benzene rings is 2. The number of phenolic OH excluding ortho intramolecular Hbond substituents is 1. The zero-order valence-electron chi connectivity index (χ0n) is 11.7. The molecule has 114 valence electrons. The number of nitrogens with one attached hydrogen (secondary N) is 2. The summed E-state index contributed by atoms with van der Waals surface area (Å²) in [6, 6.07) is 11.7. The molecule has 3 aromatic carbocycles. The van der Waals surface area contributed by atoms with Crippen LogP contribution in [0.2, 0.25) is 0 Å². The van der Waals surface area contributed by atoms with Gasteiger partial charge in [-0.3, -0.25) is 9.59 Å². The molecule has 0 unspecified atom stereocenters. The summed E-state index contributed by atoms with van der Waals surface area (Å²) in [5, 5.41) is 15.7. The Morgan fingerprint density at radius 2 is 1.48 bits per heavy atom. The van der Waals surface area contributed by atoms with Gasteiger partial charge in [0.2, 0.25) is 10.9 Å². The van der Waals surface area contributed by atoms with E-state index in [2.05, 4.69) is 15.8 Å². The summed E-state index contributed by atoms with van der Waals surface area (Å²) < 4.78 is 0. The summed E-state index contributed by atoms with van der Waals surface area (Å²) >= 11 is 0. The van der Waals surface area contributed by atoms with Crippen molar-refractivity contribution in [2.24, 2.45) is 5.10 Å². The minimum Gasteiger partial charge on any atom is -0.506 e. The number of hydrogen-bond donors (Lipinski definition) is 3. The number of nitrogens with zero attached hydrogens (tertiary/aromatic N) is 1. The van der Waals surface area contributed by atoms with Gasteiger partial charge in [0.15, 0.2) is 5.36 Å². The average molecular weight is 309 g/mol. The maximum Gasteiger partial charge on any atom is 0.339 e. The van der Waals surface area contributed by atoms with Gasteiger partial charge >= 0.3 is 6.03 Å². The third kappa shape index (κ3) is 2.67. The number of hydrogen-bond acceptors (Lipinski definition) is 5. The van der Waals surface area contributed by atoms with Crippen LogP contribution in [0.3, 0.4) is 0 Å². The van der Waals surface area contributed by atoms with Crippen LogP contribution >= 0.6 is 0 Å². The normalized spacial score (nSPS) is 10.4. The predicted molar refractivity (Wildman–Crippen MR) is 84.7 cm³/mol. The quantitative estimate of drug-likeness (QED) is 0.480. The highest BCUT2D eigenvalue weighted by Gasteiger charge is 2.10. The number of rotatable bonds is 2. The van der Waals surface area contributed by atoms with E-state index in [4.69, 9.17) is 0 Å². The van der Waals surface area contributed by atoms with E-state index in [0.29, 0.717) is 0 Å². The van der Waals surface area contributed by atoms with Crippen LogP contribution in [0, 0.1) is 0 Å². The Morgan fingerprint density at radius 3 is 2.09 bits per heavy atom. The van der Waals surface area contributed by atoms with E-state index in [-0.39, 0.29) is 27.6 Å². The van der Waals surface area contributed by atoms with E-state index < -0.39 is 16.9 Å². The Morgan fingerprint density at radius 1 is 0.913 bits per heavy atom. The lowest BCUT2D eigenvalue weighted by molar-refractivity contribution is 0.252. The second-order valence-corrected chi connectivity index (χ2v) is 4.75. The third-order valence-electron chi connectivity index (χ3n) is 3.27. The minimum atomic E-state index is -0.782. The van der Waals surface area contributed by atoms with E-state index >= 15 is 0 Å². The number of anilines is 1. The van der Waals surface area contributed by atoms with Gasteiger partial charge in [-0.15, -0.1) is 0 Å². The van der Waals surface area contributed by atoms with Crippen LogP contribution in [0.15, 0.2) is 63.2 Å². The standard InChI is InChI=1S/C16H11N3O4/c20-12-8-4-3-7-11(12)17-16(23)19-18-13-14(21)9-5-1-2-6-10(9)15(13)22/h1-8,20H,(H2,17,19,23). The summed E-state index contributed by atoms with van der Waals surface area (Å²) in [6.45, 7) is 0.